The fourth-order valence-corrected chi connectivity index (χ4v) is 3.13. The zero-order valence-electron chi connectivity index (χ0n) is 12.9. The van der Waals surface area contributed by atoms with E-state index in [1.165, 1.54) is 10.6 Å². The van der Waals surface area contributed by atoms with Gasteiger partial charge in [-0.15, -0.1) is 0 Å². The SMILES string of the molecule is BC1(n2c(C)nc3c(O)cccc3c2=O)CCCC(=O)NC1=O. The van der Waals surface area contributed by atoms with Gasteiger partial charge < -0.3 is 5.11 Å². The van der Waals surface area contributed by atoms with Crippen molar-refractivity contribution in [1.29, 1.82) is 0 Å². The Bertz CT molecular complexity index is 892. The van der Waals surface area contributed by atoms with Crippen LogP contribution in [0.2, 0.25) is 0 Å². The van der Waals surface area contributed by atoms with E-state index < -0.39 is 16.9 Å². The van der Waals surface area contributed by atoms with E-state index in [1.807, 2.05) is 0 Å². The van der Waals surface area contributed by atoms with Crippen molar-refractivity contribution in [3.05, 3.63) is 34.4 Å². The fraction of sp³-hybridized carbons (Fsp3) is 0.333. The molecule has 1 aromatic carbocycles. The Morgan fingerprint density at radius 3 is 2.83 bits per heavy atom. The van der Waals surface area contributed by atoms with Crippen LogP contribution in [-0.2, 0) is 15.0 Å². The molecule has 1 aromatic heterocycles. The number of nitrogens with zero attached hydrogens (tertiary/aromatic N) is 2. The number of amides is 2. The maximum atomic E-state index is 12.9. The second kappa shape index (κ2) is 5.22. The van der Waals surface area contributed by atoms with Gasteiger partial charge in [-0.05, 0) is 31.9 Å². The third-order valence-electron chi connectivity index (χ3n) is 4.35. The molecule has 23 heavy (non-hydrogen) atoms. The van der Waals surface area contributed by atoms with Crippen LogP contribution in [0, 0.1) is 6.92 Å². The van der Waals surface area contributed by atoms with Crippen molar-refractivity contribution in [2.24, 2.45) is 0 Å². The first kappa shape index (κ1) is 15.3. The Balaban J connectivity index is 2.29. The van der Waals surface area contributed by atoms with E-state index >= 15 is 0 Å². The number of phenolic OH excluding ortho intramolecular Hbond substituents is 1. The number of rotatable bonds is 1. The van der Waals surface area contributed by atoms with Gasteiger partial charge in [0, 0.05) is 6.42 Å². The Hall–Kier alpha value is -2.64. The van der Waals surface area contributed by atoms with E-state index in [0.29, 0.717) is 18.7 Å². The van der Waals surface area contributed by atoms with E-state index in [1.54, 1.807) is 26.9 Å². The number of carbonyl (C=O) groups excluding carboxylic acids is 2. The van der Waals surface area contributed by atoms with Crippen LogP contribution in [0.25, 0.3) is 10.9 Å². The van der Waals surface area contributed by atoms with Gasteiger partial charge in [-0.3, -0.25) is 24.3 Å². The summed E-state index contributed by atoms with van der Waals surface area (Å²) in [6.45, 7) is 1.61. The first-order valence-corrected chi connectivity index (χ1v) is 7.41. The fourth-order valence-electron chi connectivity index (χ4n) is 3.13. The molecule has 1 aliphatic rings. The smallest absolute Gasteiger partial charge is 0.261 e. The molecule has 1 unspecified atom stereocenters. The molecule has 0 bridgehead atoms. The van der Waals surface area contributed by atoms with Crippen LogP contribution in [0.4, 0.5) is 0 Å². The Morgan fingerprint density at radius 1 is 1.35 bits per heavy atom. The lowest BCUT2D eigenvalue weighted by molar-refractivity contribution is -0.132. The average Bonchev–Trinajstić information content (AvgIpc) is 2.60. The van der Waals surface area contributed by atoms with Gasteiger partial charge >= 0.3 is 0 Å². The normalized spacial score (nSPS) is 22.0. The molecule has 2 heterocycles. The molecule has 3 rings (SSSR count). The van der Waals surface area contributed by atoms with Gasteiger partial charge in [0.05, 0.1) is 10.8 Å². The molecule has 0 aliphatic carbocycles. The number of para-hydroxylation sites is 1. The van der Waals surface area contributed by atoms with Crippen LogP contribution in [-0.4, -0.2) is 34.3 Å². The van der Waals surface area contributed by atoms with Crippen LogP contribution in [0.3, 0.4) is 0 Å². The molecule has 2 aromatic rings. The number of aromatic hydroxyl groups is 1. The maximum Gasteiger partial charge on any atom is 0.261 e. The predicted octanol–water partition coefficient (Wildman–Crippen LogP) is -0.477. The molecule has 8 heteroatoms. The number of imide groups is 1. The van der Waals surface area contributed by atoms with Crippen molar-refractivity contribution < 1.29 is 14.7 Å². The summed E-state index contributed by atoms with van der Waals surface area (Å²) in [5, 5.41) is 12.4. The van der Waals surface area contributed by atoms with Gasteiger partial charge in [0.25, 0.3) is 5.56 Å². The summed E-state index contributed by atoms with van der Waals surface area (Å²) in [6.07, 6.45) is 1.10. The average molecular weight is 313 g/mol. The molecular formula is C15H16BN3O4. The van der Waals surface area contributed by atoms with E-state index in [4.69, 9.17) is 0 Å². The molecule has 1 saturated heterocycles. The van der Waals surface area contributed by atoms with Crippen LogP contribution in [0.5, 0.6) is 5.75 Å². The van der Waals surface area contributed by atoms with Crippen molar-refractivity contribution in [3.8, 4) is 5.75 Å². The maximum absolute atomic E-state index is 12.9. The monoisotopic (exact) mass is 313 g/mol. The minimum atomic E-state index is -1.19. The molecule has 1 aliphatic heterocycles. The van der Waals surface area contributed by atoms with Gasteiger partial charge in [-0.25, -0.2) is 4.98 Å². The number of benzene rings is 1. The highest BCUT2D eigenvalue weighted by Crippen LogP contribution is 2.26. The molecular weight excluding hydrogens is 297 g/mol. The molecule has 0 spiro atoms. The lowest BCUT2D eigenvalue weighted by Crippen LogP contribution is -2.54. The minimum Gasteiger partial charge on any atom is -0.506 e. The van der Waals surface area contributed by atoms with Crippen molar-refractivity contribution in [3.63, 3.8) is 0 Å². The van der Waals surface area contributed by atoms with Crippen molar-refractivity contribution in [1.82, 2.24) is 14.9 Å². The minimum absolute atomic E-state index is 0.0829. The second-order valence-corrected chi connectivity index (χ2v) is 5.98. The summed E-state index contributed by atoms with van der Waals surface area (Å²) < 4.78 is 1.32. The van der Waals surface area contributed by atoms with Crippen molar-refractivity contribution in [2.45, 2.75) is 31.6 Å². The number of aromatic nitrogens is 2. The zero-order chi connectivity index (χ0) is 16.8. The van der Waals surface area contributed by atoms with E-state index in [-0.39, 0.29) is 29.0 Å². The van der Waals surface area contributed by atoms with Crippen LogP contribution >= 0.6 is 0 Å². The number of hydrogen-bond donors (Lipinski definition) is 2. The molecule has 1 atom stereocenters. The number of aryl methyl sites for hydroxylation is 1. The van der Waals surface area contributed by atoms with Gasteiger partial charge in [0.1, 0.15) is 24.9 Å². The molecule has 1 fully saturated rings. The molecule has 7 nitrogen and oxygen atoms in total. The summed E-state index contributed by atoms with van der Waals surface area (Å²) in [6, 6.07) is 4.57. The van der Waals surface area contributed by atoms with Crippen LogP contribution in [0.15, 0.2) is 23.0 Å². The summed E-state index contributed by atoms with van der Waals surface area (Å²) >= 11 is 0. The number of hydrogen-bond acceptors (Lipinski definition) is 5. The van der Waals surface area contributed by atoms with Crippen molar-refractivity contribution in [2.75, 3.05) is 0 Å². The lowest BCUT2D eigenvalue weighted by atomic mass is 9.73. The summed E-state index contributed by atoms with van der Waals surface area (Å²) in [5.41, 5.74) is -1.39. The second-order valence-electron chi connectivity index (χ2n) is 5.98. The first-order valence-electron chi connectivity index (χ1n) is 7.41. The van der Waals surface area contributed by atoms with E-state index in [9.17, 15) is 19.5 Å². The van der Waals surface area contributed by atoms with Crippen LogP contribution in [0.1, 0.15) is 25.1 Å². The highest BCUT2D eigenvalue weighted by atomic mass is 16.3. The molecule has 0 saturated carbocycles. The quantitative estimate of drug-likeness (QED) is 0.547. The van der Waals surface area contributed by atoms with Crippen molar-refractivity contribution >= 4 is 30.6 Å². The third-order valence-corrected chi connectivity index (χ3v) is 4.35. The zero-order valence-corrected chi connectivity index (χ0v) is 12.9. The summed E-state index contributed by atoms with van der Waals surface area (Å²) in [4.78, 5) is 41.2. The first-order chi connectivity index (χ1) is 10.8. The number of fused-ring (bicyclic) bond motifs is 1. The van der Waals surface area contributed by atoms with Gasteiger partial charge in [0.2, 0.25) is 11.8 Å². The van der Waals surface area contributed by atoms with E-state index in [2.05, 4.69) is 10.3 Å². The predicted molar refractivity (Wildman–Crippen MR) is 85.9 cm³/mol. The number of phenols is 1. The van der Waals surface area contributed by atoms with E-state index in [0.717, 1.165) is 0 Å². The van der Waals surface area contributed by atoms with Crippen LogP contribution < -0.4 is 10.9 Å². The standard InChI is InChI=1S/C15H16BN3O4/c1-8-17-12-9(4-2-5-10(12)20)13(22)19(8)15(16)7-3-6-11(21)18-14(15)23/h2,4-5,20H,3,6-7,16H2,1H3,(H,18,21,23). The Kier molecular flexibility index (Phi) is 3.47. The number of carbonyl (C=O) groups is 2. The van der Waals surface area contributed by atoms with Gasteiger partial charge in [0.15, 0.2) is 0 Å². The molecule has 2 amide bonds. The molecule has 2 N–H and O–H groups in total. The Labute approximate surface area is 132 Å². The third kappa shape index (κ3) is 2.30. The summed E-state index contributed by atoms with van der Waals surface area (Å²) in [5.74, 6) is -0.612. The molecule has 0 radical (unpaired) electrons. The highest BCUT2D eigenvalue weighted by molar-refractivity contribution is 6.28. The van der Waals surface area contributed by atoms with Gasteiger partial charge in [-0.1, -0.05) is 6.07 Å². The largest absolute Gasteiger partial charge is 0.506 e. The summed E-state index contributed by atoms with van der Waals surface area (Å²) in [7, 11) is 1.63. The van der Waals surface area contributed by atoms with Gasteiger partial charge in [-0.2, -0.15) is 0 Å². The Morgan fingerprint density at radius 2 is 2.09 bits per heavy atom. The topological polar surface area (TPSA) is 101 Å². The molecule has 118 valence electrons. The number of nitrogens with one attached hydrogen (secondary N) is 1. The highest BCUT2D eigenvalue weighted by Gasteiger charge is 2.40. The lowest BCUT2D eigenvalue weighted by Gasteiger charge is -2.30.